The van der Waals surface area contributed by atoms with Gasteiger partial charge in [-0.25, -0.2) is 0 Å². The summed E-state index contributed by atoms with van der Waals surface area (Å²) in [5.74, 6) is 1.81. The molecule has 0 aliphatic heterocycles. The predicted molar refractivity (Wildman–Crippen MR) is 61.2 cm³/mol. The van der Waals surface area contributed by atoms with Gasteiger partial charge in [-0.05, 0) is 28.8 Å². The summed E-state index contributed by atoms with van der Waals surface area (Å²) in [6.45, 7) is 4.35. The Labute approximate surface area is 93.2 Å². The summed E-state index contributed by atoms with van der Waals surface area (Å²) in [5.41, 5.74) is 5.62. The molecule has 4 heteroatoms. The summed E-state index contributed by atoms with van der Waals surface area (Å²) in [5, 5.41) is 3.76. The van der Waals surface area contributed by atoms with E-state index in [1.165, 1.54) is 0 Å². The molecule has 14 heavy (non-hydrogen) atoms. The van der Waals surface area contributed by atoms with Crippen molar-refractivity contribution in [1.29, 1.82) is 0 Å². The molecule has 0 unspecified atom stereocenters. The van der Waals surface area contributed by atoms with Gasteiger partial charge in [0.25, 0.3) is 0 Å². The molecule has 0 aliphatic carbocycles. The number of halogens is 1. The van der Waals surface area contributed by atoms with Crippen LogP contribution in [0.4, 0.5) is 5.82 Å². The Balaban J connectivity index is 2.81. The predicted octanol–water partition coefficient (Wildman–Crippen LogP) is 3.70. The van der Waals surface area contributed by atoms with Crippen molar-refractivity contribution in [2.45, 2.75) is 45.4 Å². The maximum atomic E-state index is 5.62. The van der Waals surface area contributed by atoms with Gasteiger partial charge in [0.15, 0.2) is 11.6 Å². The molecular formula is C10H17BrN2O. The molecule has 0 amide bonds. The van der Waals surface area contributed by atoms with Crippen molar-refractivity contribution >= 4 is 21.7 Å². The number of nitrogens with zero attached hydrogens (tertiary/aromatic N) is 1. The molecule has 0 saturated carbocycles. The second-order valence-corrected chi connectivity index (χ2v) is 4.31. The Hall–Kier alpha value is -0.510. The molecular weight excluding hydrogens is 244 g/mol. The average Bonchev–Trinajstić information content (AvgIpc) is 2.48. The van der Waals surface area contributed by atoms with Crippen LogP contribution in [-0.4, -0.2) is 5.16 Å². The number of aromatic nitrogens is 1. The third kappa shape index (κ3) is 2.50. The maximum absolute atomic E-state index is 5.62. The Morgan fingerprint density at radius 1 is 1.36 bits per heavy atom. The first-order valence-corrected chi connectivity index (χ1v) is 5.90. The Bertz CT molecular complexity index is 280. The van der Waals surface area contributed by atoms with Crippen molar-refractivity contribution in [3.63, 3.8) is 0 Å². The number of nitrogen functional groups attached to an aromatic ring is 1. The van der Waals surface area contributed by atoms with Crippen LogP contribution >= 0.6 is 15.9 Å². The van der Waals surface area contributed by atoms with E-state index in [0.29, 0.717) is 11.7 Å². The molecule has 3 nitrogen and oxygen atoms in total. The fraction of sp³-hybridized carbons (Fsp3) is 0.700. The van der Waals surface area contributed by atoms with Gasteiger partial charge >= 0.3 is 0 Å². The number of anilines is 1. The summed E-state index contributed by atoms with van der Waals surface area (Å²) >= 11 is 3.41. The van der Waals surface area contributed by atoms with E-state index in [1.807, 2.05) is 0 Å². The summed E-state index contributed by atoms with van der Waals surface area (Å²) in [6.07, 6.45) is 4.55. The Kier molecular flexibility index (Phi) is 4.45. The van der Waals surface area contributed by atoms with Gasteiger partial charge in [0.1, 0.15) is 4.47 Å². The third-order valence-electron chi connectivity index (χ3n) is 2.33. The Morgan fingerprint density at radius 2 is 1.93 bits per heavy atom. The van der Waals surface area contributed by atoms with Crippen molar-refractivity contribution in [2.24, 2.45) is 0 Å². The highest BCUT2D eigenvalue weighted by Gasteiger charge is 2.20. The summed E-state index contributed by atoms with van der Waals surface area (Å²) < 4.78 is 6.08. The molecule has 1 aromatic heterocycles. The molecule has 2 N–H and O–H groups in total. The molecule has 0 bridgehead atoms. The van der Waals surface area contributed by atoms with Crippen molar-refractivity contribution in [3.8, 4) is 0 Å². The fourth-order valence-electron chi connectivity index (χ4n) is 1.66. The maximum Gasteiger partial charge on any atom is 0.181 e. The summed E-state index contributed by atoms with van der Waals surface area (Å²) in [6, 6.07) is 0. The number of hydrogen-bond acceptors (Lipinski definition) is 3. The quantitative estimate of drug-likeness (QED) is 0.879. The molecule has 0 fully saturated rings. The van der Waals surface area contributed by atoms with Gasteiger partial charge in [0, 0.05) is 5.92 Å². The smallest absolute Gasteiger partial charge is 0.181 e. The summed E-state index contributed by atoms with van der Waals surface area (Å²) in [7, 11) is 0. The van der Waals surface area contributed by atoms with Gasteiger partial charge < -0.3 is 10.3 Å². The molecule has 80 valence electrons. The zero-order valence-electron chi connectivity index (χ0n) is 8.72. The van der Waals surface area contributed by atoms with Gasteiger partial charge in [-0.1, -0.05) is 31.8 Å². The van der Waals surface area contributed by atoms with Crippen LogP contribution < -0.4 is 5.73 Å². The third-order valence-corrected chi connectivity index (χ3v) is 3.13. The van der Waals surface area contributed by atoms with E-state index < -0.39 is 0 Å². The molecule has 1 heterocycles. The normalized spacial score (nSPS) is 11.1. The first-order chi connectivity index (χ1) is 6.70. The van der Waals surface area contributed by atoms with E-state index in [1.54, 1.807) is 0 Å². The largest absolute Gasteiger partial charge is 0.380 e. The molecule has 0 aromatic carbocycles. The van der Waals surface area contributed by atoms with E-state index in [2.05, 4.69) is 34.9 Å². The highest BCUT2D eigenvalue weighted by Crippen LogP contribution is 2.34. The Morgan fingerprint density at radius 3 is 2.29 bits per heavy atom. The molecule has 0 saturated heterocycles. The van der Waals surface area contributed by atoms with Crippen LogP contribution in [0.15, 0.2) is 9.00 Å². The SMILES string of the molecule is CCCC(CCC)c1onc(N)c1Br. The first kappa shape index (κ1) is 11.6. The second kappa shape index (κ2) is 5.39. The lowest BCUT2D eigenvalue weighted by atomic mass is 9.96. The first-order valence-electron chi connectivity index (χ1n) is 5.11. The zero-order valence-corrected chi connectivity index (χ0v) is 10.3. The van der Waals surface area contributed by atoms with Crippen molar-refractivity contribution in [1.82, 2.24) is 5.16 Å². The second-order valence-electron chi connectivity index (χ2n) is 3.52. The number of nitrogens with two attached hydrogens (primary N) is 1. The van der Waals surface area contributed by atoms with Crippen LogP contribution in [0.1, 0.15) is 51.2 Å². The van der Waals surface area contributed by atoms with Crippen molar-refractivity contribution in [2.75, 3.05) is 5.73 Å². The molecule has 1 rings (SSSR count). The highest BCUT2D eigenvalue weighted by atomic mass is 79.9. The lowest BCUT2D eigenvalue weighted by Crippen LogP contribution is -1.97. The van der Waals surface area contributed by atoms with E-state index >= 15 is 0 Å². The van der Waals surface area contributed by atoms with Crippen LogP contribution in [-0.2, 0) is 0 Å². The molecule has 0 atom stereocenters. The van der Waals surface area contributed by atoms with E-state index in [-0.39, 0.29) is 0 Å². The van der Waals surface area contributed by atoms with Crippen LogP contribution in [0.5, 0.6) is 0 Å². The molecule has 0 spiro atoms. The number of hydrogen-bond donors (Lipinski definition) is 1. The minimum atomic E-state index is 0.448. The minimum absolute atomic E-state index is 0.448. The van der Waals surface area contributed by atoms with Crippen LogP contribution in [0, 0.1) is 0 Å². The number of rotatable bonds is 5. The van der Waals surface area contributed by atoms with Gasteiger partial charge in [0.2, 0.25) is 0 Å². The highest BCUT2D eigenvalue weighted by molar-refractivity contribution is 9.10. The van der Waals surface area contributed by atoms with Crippen LogP contribution in [0.25, 0.3) is 0 Å². The molecule has 1 aromatic rings. The lowest BCUT2D eigenvalue weighted by molar-refractivity contribution is 0.344. The zero-order chi connectivity index (χ0) is 10.6. The van der Waals surface area contributed by atoms with E-state index in [0.717, 1.165) is 35.9 Å². The summed E-state index contributed by atoms with van der Waals surface area (Å²) in [4.78, 5) is 0. The van der Waals surface area contributed by atoms with Crippen molar-refractivity contribution < 1.29 is 4.52 Å². The topological polar surface area (TPSA) is 52.0 Å². The fourth-order valence-corrected chi connectivity index (χ4v) is 2.13. The van der Waals surface area contributed by atoms with E-state index in [9.17, 15) is 0 Å². The van der Waals surface area contributed by atoms with Gasteiger partial charge in [-0.2, -0.15) is 0 Å². The van der Waals surface area contributed by atoms with Crippen molar-refractivity contribution in [3.05, 3.63) is 10.2 Å². The van der Waals surface area contributed by atoms with E-state index in [4.69, 9.17) is 10.3 Å². The van der Waals surface area contributed by atoms with Crippen LogP contribution in [0.3, 0.4) is 0 Å². The minimum Gasteiger partial charge on any atom is -0.380 e. The van der Waals surface area contributed by atoms with Gasteiger partial charge in [-0.3, -0.25) is 0 Å². The standard InChI is InChI=1S/C10H17BrN2O/c1-3-5-7(6-4-2)9-8(11)10(12)13-14-9/h7H,3-6H2,1-2H3,(H2,12,13). The monoisotopic (exact) mass is 260 g/mol. The lowest BCUT2D eigenvalue weighted by Gasteiger charge is -2.11. The van der Waals surface area contributed by atoms with Gasteiger partial charge in [0.05, 0.1) is 0 Å². The molecule has 0 aliphatic rings. The van der Waals surface area contributed by atoms with Gasteiger partial charge in [-0.15, -0.1) is 0 Å². The average molecular weight is 261 g/mol. The molecule has 0 radical (unpaired) electrons. The van der Waals surface area contributed by atoms with Crippen LogP contribution in [0.2, 0.25) is 0 Å².